The highest BCUT2D eigenvalue weighted by Crippen LogP contribution is 2.28. The number of fused-ring (bicyclic) bond motifs is 2. The number of carbonyl (C=O) groups is 1. The number of likely N-dealkylation sites (N-methyl/N-ethyl adjacent to an activating group) is 1. The van der Waals surface area contributed by atoms with Crippen molar-refractivity contribution in [3.05, 3.63) is 120 Å². The molecule has 216 valence electrons. The highest BCUT2D eigenvalue weighted by molar-refractivity contribution is 5.95. The summed E-state index contributed by atoms with van der Waals surface area (Å²) in [5.74, 6) is 0.964. The first-order valence-corrected chi connectivity index (χ1v) is 14.4. The molecule has 5 rings (SSSR count). The van der Waals surface area contributed by atoms with E-state index in [1.165, 1.54) is 32.7 Å². The van der Waals surface area contributed by atoms with E-state index in [1.54, 1.807) is 32.4 Å². The van der Waals surface area contributed by atoms with Crippen molar-refractivity contribution in [2.24, 2.45) is 0 Å². The molecule has 5 aromatic rings. The second-order valence-corrected chi connectivity index (χ2v) is 10.6. The van der Waals surface area contributed by atoms with Crippen LogP contribution in [0, 0.1) is 0 Å². The molecule has 0 aromatic heterocycles. The van der Waals surface area contributed by atoms with E-state index in [1.807, 2.05) is 7.05 Å². The third-order valence-electron chi connectivity index (χ3n) is 7.78. The molecular formula is C36H39N3O3. The zero-order chi connectivity index (χ0) is 29.3. The third kappa shape index (κ3) is 6.90. The van der Waals surface area contributed by atoms with E-state index in [0.29, 0.717) is 30.0 Å². The van der Waals surface area contributed by atoms with Gasteiger partial charge in [0.25, 0.3) is 5.91 Å². The lowest BCUT2D eigenvalue weighted by Crippen LogP contribution is -2.48. The molecule has 5 aromatic carbocycles. The fourth-order valence-electron chi connectivity index (χ4n) is 5.66. The van der Waals surface area contributed by atoms with Gasteiger partial charge < -0.3 is 25.4 Å². The van der Waals surface area contributed by atoms with Crippen molar-refractivity contribution in [2.75, 3.05) is 34.4 Å². The molecule has 0 unspecified atom stereocenters. The van der Waals surface area contributed by atoms with Gasteiger partial charge in [0.15, 0.2) is 11.5 Å². The Hall–Kier alpha value is -4.39. The van der Waals surface area contributed by atoms with Gasteiger partial charge in [0.05, 0.1) is 14.2 Å². The first-order valence-electron chi connectivity index (χ1n) is 14.4. The van der Waals surface area contributed by atoms with Crippen LogP contribution in [-0.4, -0.2) is 52.3 Å². The maximum Gasteiger partial charge on any atom is 0.251 e. The Balaban J connectivity index is 1.38. The van der Waals surface area contributed by atoms with Gasteiger partial charge in [-0.15, -0.1) is 0 Å². The molecule has 0 saturated carbocycles. The van der Waals surface area contributed by atoms with Crippen molar-refractivity contribution in [1.82, 2.24) is 16.0 Å². The number of rotatable bonds is 13. The van der Waals surface area contributed by atoms with Crippen molar-refractivity contribution in [1.29, 1.82) is 0 Å². The minimum Gasteiger partial charge on any atom is -0.493 e. The monoisotopic (exact) mass is 561 g/mol. The van der Waals surface area contributed by atoms with Crippen LogP contribution in [0.5, 0.6) is 11.5 Å². The van der Waals surface area contributed by atoms with Crippen molar-refractivity contribution >= 4 is 27.5 Å². The lowest BCUT2D eigenvalue weighted by Gasteiger charge is -2.25. The molecule has 0 aliphatic heterocycles. The highest BCUT2D eigenvalue weighted by atomic mass is 16.5. The average molecular weight is 562 g/mol. The maximum atomic E-state index is 13.5. The number of carbonyl (C=O) groups excluding carboxylic acids is 1. The van der Waals surface area contributed by atoms with Gasteiger partial charge in [-0.25, -0.2) is 0 Å². The summed E-state index contributed by atoms with van der Waals surface area (Å²) in [5.41, 5.74) is 3.03. The van der Waals surface area contributed by atoms with Crippen LogP contribution in [0.15, 0.2) is 103 Å². The van der Waals surface area contributed by atoms with E-state index in [4.69, 9.17) is 9.47 Å². The minimum absolute atomic E-state index is 0.150. The zero-order valence-electron chi connectivity index (χ0n) is 24.5. The minimum atomic E-state index is -0.151. The average Bonchev–Trinajstić information content (AvgIpc) is 3.03. The summed E-state index contributed by atoms with van der Waals surface area (Å²) in [4.78, 5) is 13.5. The van der Waals surface area contributed by atoms with E-state index in [9.17, 15) is 4.79 Å². The van der Waals surface area contributed by atoms with Gasteiger partial charge in [0.2, 0.25) is 0 Å². The van der Waals surface area contributed by atoms with Gasteiger partial charge in [-0.3, -0.25) is 4.79 Å². The van der Waals surface area contributed by atoms with Crippen molar-refractivity contribution < 1.29 is 14.3 Å². The summed E-state index contributed by atoms with van der Waals surface area (Å²) in [6, 6.07) is 35.0. The molecule has 0 spiro atoms. The molecule has 2 atom stereocenters. The van der Waals surface area contributed by atoms with Crippen LogP contribution in [0.25, 0.3) is 21.5 Å². The second-order valence-electron chi connectivity index (χ2n) is 10.6. The van der Waals surface area contributed by atoms with E-state index in [2.05, 4.69) is 101 Å². The summed E-state index contributed by atoms with van der Waals surface area (Å²) < 4.78 is 10.8. The highest BCUT2D eigenvalue weighted by Gasteiger charge is 2.20. The fourth-order valence-corrected chi connectivity index (χ4v) is 5.66. The second kappa shape index (κ2) is 14.0. The number of nitrogens with one attached hydrogen (secondary N) is 3. The Labute approximate surface area is 248 Å². The summed E-state index contributed by atoms with van der Waals surface area (Å²) >= 11 is 0. The van der Waals surface area contributed by atoms with E-state index in [0.717, 1.165) is 13.0 Å². The van der Waals surface area contributed by atoms with Gasteiger partial charge >= 0.3 is 0 Å². The number of ether oxygens (including phenoxy) is 2. The van der Waals surface area contributed by atoms with Gasteiger partial charge in [-0.2, -0.15) is 0 Å². The van der Waals surface area contributed by atoms with E-state index >= 15 is 0 Å². The molecule has 0 fully saturated rings. The number of amides is 1. The molecule has 0 aliphatic rings. The van der Waals surface area contributed by atoms with Crippen molar-refractivity contribution in [3.63, 3.8) is 0 Å². The van der Waals surface area contributed by atoms with Crippen LogP contribution in [0.2, 0.25) is 0 Å². The predicted molar refractivity (Wildman–Crippen MR) is 172 cm³/mol. The summed E-state index contributed by atoms with van der Waals surface area (Å²) in [6.45, 7) is 1.41. The van der Waals surface area contributed by atoms with Crippen LogP contribution < -0.4 is 25.4 Å². The molecule has 0 heterocycles. The van der Waals surface area contributed by atoms with Crippen LogP contribution in [0.3, 0.4) is 0 Å². The lowest BCUT2D eigenvalue weighted by atomic mass is 9.97. The molecule has 42 heavy (non-hydrogen) atoms. The Morgan fingerprint density at radius 1 is 0.667 bits per heavy atom. The molecule has 6 nitrogen and oxygen atoms in total. The number of benzene rings is 5. The third-order valence-corrected chi connectivity index (χ3v) is 7.78. The Morgan fingerprint density at radius 2 is 1.24 bits per heavy atom. The molecule has 0 saturated heterocycles. The molecular weight excluding hydrogens is 522 g/mol. The summed E-state index contributed by atoms with van der Waals surface area (Å²) in [6.07, 6.45) is 1.56. The smallest absolute Gasteiger partial charge is 0.251 e. The lowest BCUT2D eigenvalue weighted by molar-refractivity contribution is 0.0935. The number of hydrogen-bond acceptors (Lipinski definition) is 5. The van der Waals surface area contributed by atoms with Crippen LogP contribution >= 0.6 is 0 Å². The largest absolute Gasteiger partial charge is 0.493 e. The Kier molecular flexibility index (Phi) is 9.70. The molecule has 1 amide bonds. The Morgan fingerprint density at radius 3 is 1.83 bits per heavy atom. The van der Waals surface area contributed by atoms with Crippen molar-refractivity contribution in [2.45, 2.75) is 24.9 Å². The van der Waals surface area contributed by atoms with Crippen LogP contribution in [0.4, 0.5) is 0 Å². The van der Waals surface area contributed by atoms with Gasteiger partial charge in [-0.05, 0) is 70.8 Å². The molecule has 3 N–H and O–H groups in total. The first kappa shape index (κ1) is 29.1. The SMILES string of the molecule is CNC[C@H](Cc1cccc2ccccc12)NC[C@@H](Cc1cccc2ccccc12)NC(=O)c1ccc(OC)c(OC)c1. The predicted octanol–water partition coefficient (Wildman–Crippen LogP) is 5.77. The van der Waals surface area contributed by atoms with E-state index in [-0.39, 0.29) is 18.0 Å². The molecule has 0 radical (unpaired) electrons. The van der Waals surface area contributed by atoms with Gasteiger partial charge in [0, 0.05) is 30.7 Å². The van der Waals surface area contributed by atoms with Crippen LogP contribution in [-0.2, 0) is 12.8 Å². The van der Waals surface area contributed by atoms with E-state index < -0.39 is 0 Å². The summed E-state index contributed by atoms with van der Waals surface area (Å²) in [7, 11) is 5.14. The topological polar surface area (TPSA) is 71.6 Å². The Bertz CT molecular complexity index is 1640. The van der Waals surface area contributed by atoms with Crippen LogP contribution in [0.1, 0.15) is 21.5 Å². The summed E-state index contributed by atoms with van der Waals surface area (Å²) in [5, 5.41) is 15.3. The number of methoxy groups -OCH3 is 2. The van der Waals surface area contributed by atoms with Gasteiger partial charge in [0.1, 0.15) is 0 Å². The standard InChI is InChI=1S/C36H39N3O3/c1-37-23-30(20-27-14-8-12-25-10-4-6-16-32(25)27)38-24-31(21-28-15-9-13-26-11-5-7-17-33(26)28)39-36(40)29-18-19-34(41-2)35(22-29)42-3/h4-19,22,30-31,37-38H,20-21,23-24H2,1-3H3,(H,39,40)/t30-,31+/m0/s1. The molecule has 0 bridgehead atoms. The number of hydrogen-bond donors (Lipinski definition) is 3. The normalized spacial score (nSPS) is 12.6. The molecule has 6 heteroatoms. The van der Waals surface area contributed by atoms with Crippen molar-refractivity contribution in [3.8, 4) is 11.5 Å². The first-order chi connectivity index (χ1) is 20.6. The fraction of sp³-hybridized carbons (Fsp3) is 0.250. The van der Waals surface area contributed by atoms with Gasteiger partial charge in [-0.1, -0.05) is 84.9 Å². The zero-order valence-corrected chi connectivity index (χ0v) is 24.5. The molecule has 0 aliphatic carbocycles. The quantitative estimate of drug-likeness (QED) is 0.170. The maximum absolute atomic E-state index is 13.5.